The number of imide groups is 1. The Labute approximate surface area is 150 Å². The highest BCUT2D eigenvalue weighted by molar-refractivity contribution is 7.10. The summed E-state index contributed by atoms with van der Waals surface area (Å²) in [6, 6.07) is -0.654. The molecular weight excluding hydrogens is 346 g/mol. The van der Waals surface area contributed by atoms with Crippen molar-refractivity contribution in [2.24, 2.45) is 17.6 Å². The van der Waals surface area contributed by atoms with Gasteiger partial charge in [0.1, 0.15) is 0 Å². The minimum Gasteiger partial charge on any atom is -0.466 e. The zero-order chi connectivity index (χ0) is 19.0. The number of nitrogens with two attached hydrogens (primary N) is 1. The Kier molecular flexibility index (Phi) is 8.42. The van der Waals surface area contributed by atoms with Crippen LogP contribution in [-0.2, 0) is 14.4 Å². The number of rotatable bonds is 9. The van der Waals surface area contributed by atoms with Crippen LogP contribution < -0.4 is 21.1 Å². The molecule has 1 rings (SSSR count). The number of hydrogen-bond donors (Lipinski definition) is 3. The zero-order valence-corrected chi connectivity index (χ0v) is 15.7. The van der Waals surface area contributed by atoms with Gasteiger partial charge in [0.15, 0.2) is 0 Å². The van der Waals surface area contributed by atoms with Gasteiger partial charge in [0.2, 0.25) is 22.9 Å². The molecule has 0 fully saturated rings. The number of ether oxygens (including phenoxy) is 1. The van der Waals surface area contributed by atoms with Crippen molar-refractivity contribution in [3.8, 4) is 6.01 Å². The fourth-order valence-electron chi connectivity index (χ4n) is 2.11. The van der Waals surface area contributed by atoms with E-state index in [1.807, 2.05) is 20.8 Å². The van der Waals surface area contributed by atoms with E-state index in [2.05, 4.69) is 20.0 Å². The van der Waals surface area contributed by atoms with Crippen LogP contribution in [0.3, 0.4) is 0 Å². The minimum atomic E-state index is -0.847. The molecule has 0 aliphatic rings. The second-order valence-corrected chi connectivity index (χ2v) is 7.05. The first-order chi connectivity index (χ1) is 11.7. The number of carbonyl (C=O) groups is 3. The third-order valence-electron chi connectivity index (χ3n) is 3.22. The van der Waals surface area contributed by atoms with Gasteiger partial charge < -0.3 is 15.8 Å². The lowest BCUT2D eigenvalue weighted by atomic mass is 9.98. The van der Waals surface area contributed by atoms with Crippen molar-refractivity contribution in [1.29, 1.82) is 0 Å². The Hall–Kier alpha value is -2.07. The molecule has 0 radical (unpaired) electrons. The molecule has 9 nitrogen and oxygen atoms in total. The maximum Gasteiger partial charge on any atom is 0.329 e. The van der Waals surface area contributed by atoms with Crippen LogP contribution in [0.5, 0.6) is 6.01 Å². The molecule has 1 aromatic heterocycles. The topological polar surface area (TPSA) is 136 Å². The third-order valence-corrected chi connectivity index (χ3v) is 3.83. The number of anilines is 1. The van der Waals surface area contributed by atoms with Crippen molar-refractivity contribution >= 4 is 34.4 Å². The molecule has 3 amide bonds. The lowest BCUT2D eigenvalue weighted by Gasteiger charge is -2.16. The molecule has 1 unspecified atom stereocenters. The molecule has 25 heavy (non-hydrogen) atoms. The second kappa shape index (κ2) is 10.0. The van der Waals surface area contributed by atoms with Crippen molar-refractivity contribution in [3.05, 3.63) is 0 Å². The lowest BCUT2D eigenvalue weighted by molar-refractivity contribution is -0.132. The summed E-state index contributed by atoms with van der Waals surface area (Å²) in [7, 11) is 1.44. The van der Waals surface area contributed by atoms with Gasteiger partial charge in [0.25, 0.3) is 0 Å². The van der Waals surface area contributed by atoms with Gasteiger partial charge >= 0.3 is 6.01 Å². The summed E-state index contributed by atoms with van der Waals surface area (Å²) in [4.78, 5) is 39.4. The van der Waals surface area contributed by atoms with Crippen LogP contribution in [0.2, 0.25) is 0 Å². The van der Waals surface area contributed by atoms with Gasteiger partial charge in [-0.15, -0.1) is 4.37 Å². The van der Waals surface area contributed by atoms with Crippen LogP contribution in [0.25, 0.3) is 0 Å². The van der Waals surface area contributed by atoms with Crippen molar-refractivity contribution in [1.82, 2.24) is 14.7 Å². The SMILES string of the molecule is COc1nsc(NC(=O)CC(C)C[C@H](N)C(=O)NC(=O)CC(C)C)n1. The molecule has 0 saturated carbocycles. The summed E-state index contributed by atoms with van der Waals surface area (Å²) in [5.74, 6) is -1.10. The molecule has 0 aromatic carbocycles. The molecule has 140 valence electrons. The first-order valence-electron chi connectivity index (χ1n) is 7.98. The van der Waals surface area contributed by atoms with E-state index in [0.29, 0.717) is 5.13 Å². The highest BCUT2D eigenvalue weighted by atomic mass is 32.1. The van der Waals surface area contributed by atoms with Gasteiger partial charge in [-0.3, -0.25) is 19.7 Å². The fraction of sp³-hybridized carbons (Fsp3) is 0.667. The van der Waals surface area contributed by atoms with E-state index in [0.717, 1.165) is 11.5 Å². The van der Waals surface area contributed by atoms with Crippen molar-refractivity contribution < 1.29 is 19.1 Å². The van der Waals surface area contributed by atoms with Gasteiger partial charge in [-0.2, -0.15) is 4.98 Å². The highest BCUT2D eigenvalue weighted by Crippen LogP contribution is 2.17. The van der Waals surface area contributed by atoms with Gasteiger partial charge in [-0.1, -0.05) is 20.8 Å². The zero-order valence-electron chi connectivity index (χ0n) is 14.9. The van der Waals surface area contributed by atoms with E-state index < -0.39 is 11.9 Å². The van der Waals surface area contributed by atoms with Gasteiger partial charge in [0.05, 0.1) is 13.2 Å². The molecular formula is C15H25N5O4S. The fourth-order valence-corrected chi connectivity index (χ4v) is 2.66. The molecule has 0 aliphatic carbocycles. The number of methoxy groups -OCH3 is 1. The summed E-state index contributed by atoms with van der Waals surface area (Å²) < 4.78 is 8.72. The summed E-state index contributed by atoms with van der Waals surface area (Å²) in [5, 5.41) is 5.24. The highest BCUT2D eigenvalue weighted by Gasteiger charge is 2.21. The molecule has 10 heteroatoms. The Morgan fingerprint density at radius 2 is 1.88 bits per heavy atom. The van der Waals surface area contributed by atoms with Crippen LogP contribution in [0, 0.1) is 11.8 Å². The summed E-state index contributed by atoms with van der Waals surface area (Å²) in [5.41, 5.74) is 5.81. The maximum absolute atomic E-state index is 12.0. The van der Waals surface area contributed by atoms with Crippen LogP contribution in [0.1, 0.15) is 40.0 Å². The average molecular weight is 371 g/mol. The van der Waals surface area contributed by atoms with E-state index in [-0.39, 0.29) is 48.9 Å². The van der Waals surface area contributed by atoms with E-state index in [4.69, 9.17) is 10.5 Å². The van der Waals surface area contributed by atoms with Crippen LogP contribution in [0.15, 0.2) is 0 Å². The molecule has 1 aromatic rings. The predicted octanol–water partition coefficient (Wildman–Crippen LogP) is 0.918. The molecule has 4 N–H and O–H groups in total. The lowest BCUT2D eigenvalue weighted by Crippen LogP contribution is -2.44. The summed E-state index contributed by atoms with van der Waals surface area (Å²) in [6.07, 6.45) is 0.720. The Balaban J connectivity index is 2.38. The number of amides is 3. The molecule has 0 bridgehead atoms. The smallest absolute Gasteiger partial charge is 0.329 e. The molecule has 0 spiro atoms. The Morgan fingerprint density at radius 3 is 2.44 bits per heavy atom. The third kappa shape index (κ3) is 8.03. The Morgan fingerprint density at radius 1 is 1.20 bits per heavy atom. The monoisotopic (exact) mass is 371 g/mol. The maximum atomic E-state index is 12.0. The summed E-state index contributed by atoms with van der Waals surface area (Å²) in [6.45, 7) is 5.58. The van der Waals surface area contributed by atoms with Gasteiger partial charge in [0, 0.05) is 24.4 Å². The van der Waals surface area contributed by atoms with E-state index in [1.165, 1.54) is 7.11 Å². The van der Waals surface area contributed by atoms with Crippen molar-refractivity contribution in [3.63, 3.8) is 0 Å². The van der Waals surface area contributed by atoms with Gasteiger partial charge in [-0.25, -0.2) is 0 Å². The number of hydrogen-bond acceptors (Lipinski definition) is 8. The predicted molar refractivity (Wildman–Crippen MR) is 94.1 cm³/mol. The van der Waals surface area contributed by atoms with Crippen LogP contribution >= 0.6 is 11.5 Å². The largest absolute Gasteiger partial charge is 0.466 e. The van der Waals surface area contributed by atoms with Crippen molar-refractivity contribution in [2.75, 3.05) is 12.4 Å². The number of nitrogens with zero attached hydrogens (tertiary/aromatic N) is 2. The molecule has 1 heterocycles. The van der Waals surface area contributed by atoms with E-state index >= 15 is 0 Å². The quantitative estimate of drug-likeness (QED) is 0.587. The van der Waals surface area contributed by atoms with Gasteiger partial charge in [-0.05, 0) is 18.3 Å². The van der Waals surface area contributed by atoms with Crippen LogP contribution in [-0.4, -0.2) is 40.2 Å². The number of aromatic nitrogens is 2. The minimum absolute atomic E-state index is 0.143. The average Bonchev–Trinajstić information content (AvgIpc) is 2.93. The number of nitrogens with one attached hydrogen (secondary N) is 2. The standard InChI is InChI=1S/C15H25N5O4S/c1-8(2)5-11(21)17-13(23)10(16)6-9(3)7-12(22)18-15-19-14(24-4)20-25-15/h8-10H,5-7,16H2,1-4H3,(H,17,21,23)(H,18,19,20,22)/t9?,10-/m0/s1. The molecule has 0 aliphatic heterocycles. The first-order valence-corrected chi connectivity index (χ1v) is 8.75. The van der Waals surface area contributed by atoms with Crippen LogP contribution in [0.4, 0.5) is 5.13 Å². The first kappa shape index (κ1) is 21.0. The van der Waals surface area contributed by atoms with E-state index in [9.17, 15) is 14.4 Å². The molecule has 2 atom stereocenters. The second-order valence-electron chi connectivity index (χ2n) is 6.30. The van der Waals surface area contributed by atoms with Crippen molar-refractivity contribution in [2.45, 2.75) is 46.1 Å². The number of carbonyl (C=O) groups excluding carboxylic acids is 3. The normalized spacial score (nSPS) is 13.2. The Bertz CT molecular complexity index is 604. The summed E-state index contributed by atoms with van der Waals surface area (Å²) >= 11 is 1.02. The molecule has 0 saturated heterocycles. The van der Waals surface area contributed by atoms with E-state index in [1.54, 1.807) is 0 Å².